The van der Waals surface area contributed by atoms with E-state index >= 15 is 0 Å². The maximum absolute atomic E-state index is 12.3. The van der Waals surface area contributed by atoms with E-state index < -0.39 is 0 Å². The van der Waals surface area contributed by atoms with Gasteiger partial charge in [-0.3, -0.25) is 9.59 Å². The molecular formula is C16H21ClN2O4. The zero-order valence-corrected chi connectivity index (χ0v) is 14.1. The Balaban J connectivity index is 2.09. The number of benzene rings is 1. The Labute approximate surface area is 140 Å². The zero-order chi connectivity index (χ0) is 16.8. The van der Waals surface area contributed by atoms with Gasteiger partial charge < -0.3 is 19.7 Å². The Morgan fingerprint density at radius 3 is 2.83 bits per heavy atom. The molecule has 6 nitrogen and oxygen atoms in total. The molecule has 2 rings (SSSR count). The number of carbonyl (C=O) groups is 2. The first-order valence-electron chi connectivity index (χ1n) is 7.46. The maximum atomic E-state index is 12.3. The Bertz CT molecular complexity index is 579. The van der Waals surface area contributed by atoms with E-state index in [9.17, 15) is 9.59 Å². The molecule has 7 heteroatoms. The summed E-state index contributed by atoms with van der Waals surface area (Å²) in [5.74, 6) is 1.13. The number of carbonyl (C=O) groups excluding carboxylic acids is 2. The average molecular weight is 341 g/mol. The van der Waals surface area contributed by atoms with Crippen molar-refractivity contribution < 1.29 is 19.1 Å². The first kappa shape index (κ1) is 17.4. The molecule has 1 aromatic carbocycles. The molecule has 0 aliphatic carbocycles. The summed E-state index contributed by atoms with van der Waals surface area (Å²) in [5.41, 5.74) is 0.648. The highest BCUT2D eigenvalue weighted by Crippen LogP contribution is 2.35. The monoisotopic (exact) mass is 340 g/mol. The molecule has 1 fully saturated rings. The smallest absolute Gasteiger partial charge is 0.227 e. The number of ether oxygens (including phenoxy) is 2. The van der Waals surface area contributed by atoms with Crippen molar-refractivity contribution in [1.82, 2.24) is 5.32 Å². The lowest BCUT2D eigenvalue weighted by molar-refractivity contribution is -0.126. The van der Waals surface area contributed by atoms with Crippen molar-refractivity contribution in [3.63, 3.8) is 0 Å². The number of amides is 2. The molecule has 23 heavy (non-hydrogen) atoms. The number of hydrogen-bond acceptors (Lipinski definition) is 4. The van der Waals surface area contributed by atoms with Crippen LogP contribution in [-0.2, 0) is 9.59 Å². The number of halogens is 1. The zero-order valence-electron chi connectivity index (χ0n) is 13.3. The van der Waals surface area contributed by atoms with Crippen LogP contribution >= 0.6 is 11.6 Å². The molecule has 1 aromatic rings. The number of methoxy groups -OCH3 is 2. The van der Waals surface area contributed by atoms with Crippen molar-refractivity contribution in [2.75, 3.05) is 38.1 Å². The van der Waals surface area contributed by atoms with Gasteiger partial charge in [-0.1, -0.05) is 0 Å². The normalized spacial score (nSPS) is 17.3. The Kier molecular flexibility index (Phi) is 6.10. The van der Waals surface area contributed by atoms with Crippen molar-refractivity contribution >= 4 is 29.1 Å². The lowest BCUT2D eigenvalue weighted by atomic mass is 10.1. The number of nitrogens with zero attached hydrogens (tertiary/aromatic N) is 1. The van der Waals surface area contributed by atoms with Gasteiger partial charge >= 0.3 is 0 Å². The number of rotatable bonds is 7. The van der Waals surface area contributed by atoms with Crippen LogP contribution in [0, 0.1) is 5.92 Å². The van der Waals surface area contributed by atoms with Gasteiger partial charge in [0, 0.05) is 31.5 Å². The van der Waals surface area contributed by atoms with E-state index in [-0.39, 0.29) is 24.2 Å². The van der Waals surface area contributed by atoms with Crippen LogP contribution in [0.2, 0.25) is 0 Å². The van der Waals surface area contributed by atoms with E-state index in [1.807, 2.05) is 0 Å². The third-order valence-corrected chi connectivity index (χ3v) is 4.05. The lowest BCUT2D eigenvalue weighted by Gasteiger charge is -2.20. The second-order valence-corrected chi connectivity index (χ2v) is 5.65. The summed E-state index contributed by atoms with van der Waals surface area (Å²) in [4.78, 5) is 26.0. The summed E-state index contributed by atoms with van der Waals surface area (Å²) in [5, 5.41) is 2.81. The van der Waals surface area contributed by atoms with Crippen LogP contribution in [0.5, 0.6) is 11.5 Å². The molecule has 1 atom stereocenters. The van der Waals surface area contributed by atoms with Gasteiger partial charge in [0.2, 0.25) is 11.8 Å². The minimum absolute atomic E-state index is 0.0917. The summed E-state index contributed by atoms with van der Waals surface area (Å²) in [6.45, 7) is 0.868. The van der Waals surface area contributed by atoms with E-state index in [4.69, 9.17) is 21.1 Å². The van der Waals surface area contributed by atoms with E-state index in [2.05, 4.69) is 5.32 Å². The van der Waals surface area contributed by atoms with Crippen LogP contribution < -0.4 is 19.7 Å². The highest BCUT2D eigenvalue weighted by molar-refractivity contribution is 6.17. The Morgan fingerprint density at radius 2 is 2.17 bits per heavy atom. The SMILES string of the molecule is COc1ccc(N2C[C@@H](C(=O)NCCCCl)CC2=O)c(OC)c1. The quantitative estimate of drug-likeness (QED) is 0.607. The Hall–Kier alpha value is -1.95. The van der Waals surface area contributed by atoms with E-state index in [1.54, 1.807) is 30.2 Å². The van der Waals surface area contributed by atoms with Gasteiger partial charge in [0.05, 0.1) is 25.8 Å². The van der Waals surface area contributed by atoms with Gasteiger partial charge in [-0.2, -0.15) is 0 Å². The molecule has 1 N–H and O–H groups in total. The molecule has 2 amide bonds. The molecule has 0 spiro atoms. The maximum Gasteiger partial charge on any atom is 0.227 e. The molecule has 1 saturated heterocycles. The van der Waals surface area contributed by atoms with Crippen LogP contribution in [-0.4, -0.2) is 45.0 Å². The summed E-state index contributed by atoms with van der Waals surface area (Å²) >= 11 is 5.59. The molecule has 1 heterocycles. The number of nitrogens with one attached hydrogen (secondary N) is 1. The molecule has 1 aliphatic rings. The predicted molar refractivity (Wildman–Crippen MR) is 88.4 cm³/mol. The third-order valence-electron chi connectivity index (χ3n) is 3.78. The van der Waals surface area contributed by atoms with Crippen LogP contribution in [0.4, 0.5) is 5.69 Å². The van der Waals surface area contributed by atoms with Crippen LogP contribution in [0.25, 0.3) is 0 Å². The van der Waals surface area contributed by atoms with Crippen LogP contribution in [0.3, 0.4) is 0 Å². The summed E-state index contributed by atoms with van der Waals surface area (Å²) in [6.07, 6.45) is 0.909. The standard InChI is InChI=1S/C16H21ClN2O4/c1-22-12-4-5-13(14(9-12)23-2)19-10-11(8-15(19)20)16(21)18-7-3-6-17/h4-5,9,11H,3,6-8,10H2,1-2H3,(H,18,21)/t11-/m0/s1. The summed E-state index contributed by atoms with van der Waals surface area (Å²) in [6, 6.07) is 5.25. The number of anilines is 1. The van der Waals surface area contributed by atoms with Crippen molar-refractivity contribution in [3.8, 4) is 11.5 Å². The van der Waals surface area contributed by atoms with Gasteiger partial charge in [0.1, 0.15) is 11.5 Å². The first-order chi connectivity index (χ1) is 11.1. The largest absolute Gasteiger partial charge is 0.497 e. The van der Waals surface area contributed by atoms with Gasteiger partial charge in [-0.15, -0.1) is 11.6 Å². The van der Waals surface area contributed by atoms with Crippen LogP contribution in [0.15, 0.2) is 18.2 Å². The minimum Gasteiger partial charge on any atom is -0.497 e. The van der Waals surface area contributed by atoms with E-state index in [0.717, 1.165) is 0 Å². The Morgan fingerprint density at radius 1 is 1.39 bits per heavy atom. The number of alkyl halides is 1. The summed E-state index contributed by atoms with van der Waals surface area (Å²) < 4.78 is 10.5. The second-order valence-electron chi connectivity index (χ2n) is 5.28. The van der Waals surface area contributed by atoms with Crippen LogP contribution in [0.1, 0.15) is 12.8 Å². The van der Waals surface area contributed by atoms with Crippen molar-refractivity contribution in [2.45, 2.75) is 12.8 Å². The molecule has 0 unspecified atom stereocenters. The fourth-order valence-corrected chi connectivity index (χ4v) is 2.68. The first-order valence-corrected chi connectivity index (χ1v) is 8.00. The second kappa shape index (κ2) is 8.06. The molecular weight excluding hydrogens is 320 g/mol. The molecule has 126 valence electrons. The lowest BCUT2D eigenvalue weighted by Crippen LogP contribution is -2.33. The molecule has 1 aliphatic heterocycles. The van der Waals surface area contributed by atoms with Gasteiger partial charge in [0.15, 0.2) is 0 Å². The fraction of sp³-hybridized carbons (Fsp3) is 0.500. The minimum atomic E-state index is -0.357. The number of hydrogen-bond donors (Lipinski definition) is 1. The predicted octanol–water partition coefficient (Wildman–Crippen LogP) is 1.80. The molecule has 0 saturated carbocycles. The average Bonchev–Trinajstić information content (AvgIpc) is 2.96. The van der Waals surface area contributed by atoms with Gasteiger partial charge in [-0.25, -0.2) is 0 Å². The van der Waals surface area contributed by atoms with Crippen molar-refractivity contribution in [2.24, 2.45) is 5.92 Å². The molecule has 0 radical (unpaired) electrons. The topological polar surface area (TPSA) is 67.9 Å². The van der Waals surface area contributed by atoms with Crippen molar-refractivity contribution in [3.05, 3.63) is 18.2 Å². The highest BCUT2D eigenvalue weighted by Gasteiger charge is 2.36. The molecule has 0 aromatic heterocycles. The highest BCUT2D eigenvalue weighted by atomic mass is 35.5. The van der Waals surface area contributed by atoms with Gasteiger partial charge in [-0.05, 0) is 18.6 Å². The van der Waals surface area contributed by atoms with E-state index in [0.29, 0.717) is 42.6 Å². The fourth-order valence-electron chi connectivity index (χ4n) is 2.55. The van der Waals surface area contributed by atoms with Gasteiger partial charge in [0.25, 0.3) is 0 Å². The summed E-state index contributed by atoms with van der Waals surface area (Å²) in [7, 11) is 3.10. The third kappa shape index (κ3) is 4.07. The van der Waals surface area contributed by atoms with E-state index in [1.165, 1.54) is 7.11 Å². The van der Waals surface area contributed by atoms with Crippen molar-refractivity contribution in [1.29, 1.82) is 0 Å². The molecule has 0 bridgehead atoms.